The fraction of sp³-hybridized carbons (Fsp3) is 0.556. The van der Waals surface area contributed by atoms with Gasteiger partial charge in [-0.15, -0.1) is 0 Å². The van der Waals surface area contributed by atoms with Crippen molar-refractivity contribution in [2.45, 2.75) is 33.2 Å². The molecular weight excluding hydrogens is 166 g/mol. The van der Waals surface area contributed by atoms with Crippen molar-refractivity contribution >= 4 is 5.91 Å². The molecule has 13 heavy (non-hydrogen) atoms. The summed E-state index contributed by atoms with van der Waals surface area (Å²) >= 11 is 0. The zero-order chi connectivity index (χ0) is 9.84. The van der Waals surface area contributed by atoms with E-state index in [2.05, 4.69) is 15.3 Å². The average Bonchev–Trinajstić information content (AvgIpc) is 2.34. The van der Waals surface area contributed by atoms with E-state index < -0.39 is 0 Å². The van der Waals surface area contributed by atoms with Crippen LogP contribution in [0, 0.1) is 6.92 Å². The third-order valence-electron chi connectivity index (χ3n) is 1.71. The molecule has 4 nitrogen and oxygen atoms in total. The molecule has 1 heterocycles. The maximum atomic E-state index is 11.3. The Labute approximate surface area is 77.8 Å². The lowest BCUT2D eigenvalue weighted by molar-refractivity contribution is -0.120. The molecule has 0 radical (unpaired) electrons. The fourth-order valence-corrected chi connectivity index (χ4v) is 1.09. The Bertz CT molecular complexity index is 291. The number of H-pyrrole nitrogens is 1. The third-order valence-corrected chi connectivity index (χ3v) is 1.71. The van der Waals surface area contributed by atoms with Crippen LogP contribution in [-0.2, 0) is 11.2 Å². The van der Waals surface area contributed by atoms with Gasteiger partial charge in [0.1, 0.15) is 0 Å². The van der Waals surface area contributed by atoms with Crippen molar-refractivity contribution in [1.82, 2.24) is 15.3 Å². The summed E-state index contributed by atoms with van der Waals surface area (Å²) in [5, 5.41) is 2.82. The zero-order valence-electron chi connectivity index (χ0n) is 8.22. The number of carbonyl (C=O) groups excluding carboxylic acids is 1. The highest BCUT2D eigenvalue weighted by Gasteiger charge is 2.08. The number of amides is 1. The van der Waals surface area contributed by atoms with Crippen molar-refractivity contribution in [2.24, 2.45) is 0 Å². The number of nitrogens with one attached hydrogen (secondary N) is 2. The maximum Gasteiger partial charge on any atom is 0.226 e. The molecule has 1 rings (SSSR count). The van der Waals surface area contributed by atoms with Crippen molar-refractivity contribution in [3.05, 3.63) is 17.7 Å². The first-order valence-corrected chi connectivity index (χ1v) is 4.38. The number of hydrogen-bond donors (Lipinski definition) is 2. The van der Waals surface area contributed by atoms with Crippen LogP contribution in [0.1, 0.15) is 25.2 Å². The van der Waals surface area contributed by atoms with E-state index in [1.54, 1.807) is 6.33 Å². The van der Waals surface area contributed by atoms with E-state index in [9.17, 15) is 4.79 Å². The van der Waals surface area contributed by atoms with E-state index in [0.717, 1.165) is 11.4 Å². The van der Waals surface area contributed by atoms with Crippen LogP contribution in [0.25, 0.3) is 0 Å². The number of imidazole rings is 1. The molecule has 2 N–H and O–H groups in total. The molecule has 0 aliphatic heterocycles. The van der Waals surface area contributed by atoms with Crippen LogP contribution in [0.15, 0.2) is 6.33 Å². The Balaban J connectivity index is 2.50. The molecule has 0 aliphatic rings. The summed E-state index contributed by atoms with van der Waals surface area (Å²) in [6.45, 7) is 5.79. The summed E-state index contributed by atoms with van der Waals surface area (Å²) in [4.78, 5) is 18.3. The highest BCUT2D eigenvalue weighted by atomic mass is 16.1. The van der Waals surface area contributed by atoms with Gasteiger partial charge in [0.2, 0.25) is 5.91 Å². The minimum atomic E-state index is 0.0187. The van der Waals surface area contributed by atoms with Gasteiger partial charge in [0.15, 0.2) is 0 Å². The van der Waals surface area contributed by atoms with Gasteiger partial charge >= 0.3 is 0 Å². The molecular formula is C9H15N3O. The van der Waals surface area contributed by atoms with Crippen LogP contribution in [-0.4, -0.2) is 21.9 Å². The molecule has 4 heteroatoms. The Hall–Kier alpha value is -1.32. The number of aryl methyl sites for hydroxylation is 1. The lowest BCUT2D eigenvalue weighted by Crippen LogP contribution is -2.31. The fourth-order valence-electron chi connectivity index (χ4n) is 1.09. The second-order valence-corrected chi connectivity index (χ2v) is 3.37. The molecule has 0 aromatic carbocycles. The Morgan fingerprint density at radius 2 is 2.38 bits per heavy atom. The molecule has 0 saturated heterocycles. The lowest BCUT2D eigenvalue weighted by atomic mass is 10.2. The summed E-state index contributed by atoms with van der Waals surface area (Å²) in [5.74, 6) is 0.0187. The normalized spacial score (nSPS) is 10.5. The third kappa shape index (κ3) is 2.89. The van der Waals surface area contributed by atoms with Gasteiger partial charge in [-0.25, -0.2) is 4.98 Å². The Kier molecular flexibility index (Phi) is 3.06. The zero-order valence-corrected chi connectivity index (χ0v) is 8.22. The van der Waals surface area contributed by atoms with Crippen molar-refractivity contribution in [1.29, 1.82) is 0 Å². The van der Waals surface area contributed by atoms with Crippen LogP contribution in [0.2, 0.25) is 0 Å². The highest BCUT2D eigenvalue weighted by molar-refractivity contribution is 5.78. The number of carbonyl (C=O) groups is 1. The van der Waals surface area contributed by atoms with Gasteiger partial charge in [0.25, 0.3) is 0 Å². The molecule has 0 fully saturated rings. The Morgan fingerprint density at radius 3 is 2.85 bits per heavy atom. The van der Waals surface area contributed by atoms with Crippen molar-refractivity contribution in [3.8, 4) is 0 Å². The summed E-state index contributed by atoms with van der Waals surface area (Å²) in [5.41, 5.74) is 1.78. The van der Waals surface area contributed by atoms with Gasteiger partial charge in [-0.1, -0.05) is 0 Å². The number of rotatable bonds is 3. The van der Waals surface area contributed by atoms with Gasteiger partial charge in [0.05, 0.1) is 18.4 Å². The molecule has 0 saturated carbocycles. The quantitative estimate of drug-likeness (QED) is 0.724. The summed E-state index contributed by atoms with van der Waals surface area (Å²) in [6.07, 6.45) is 1.96. The predicted molar refractivity (Wildman–Crippen MR) is 50.3 cm³/mol. The van der Waals surface area contributed by atoms with E-state index in [4.69, 9.17) is 0 Å². The molecule has 1 aromatic heterocycles. The van der Waals surface area contributed by atoms with Gasteiger partial charge in [0, 0.05) is 11.7 Å². The van der Waals surface area contributed by atoms with E-state index >= 15 is 0 Å². The second kappa shape index (κ2) is 4.07. The summed E-state index contributed by atoms with van der Waals surface area (Å²) < 4.78 is 0. The van der Waals surface area contributed by atoms with Crippen molar-refractivity contribution in [2.75, 3.05) is 0 Å². The first-order valence-electron chi connectivity index (χ1n) is 4.38. The van der Waals surface area contributed by atoms with Crippen LogP contribution in [0.4, 0.5) is 0 Å². The molecule has 1 amide bonds. The van der Waals surface area contributed by atoms with Crippen LogP contribution < -0.4 is 5.32 Å². The summed E-state index contributed by atoms with van der Waals surface area (Å²) in [7, 11) is 0. The molecule has 0 spiro atoms. The minimum absolute atomic E-state index is 0.0187. The van der Waals surface area contributed by atoms with Gasteiger partial charge in [-0.05, 0) is 20.8 Å². The molecule has 1 aromatic rings. The molecule has 0 bridgehead atoms. The number of hydrogen-bond acceptors (Lipinski definition) is 2. The standard InChI is InChI=1S/C9H15N3O/c1-6(2)12-9(13)4-8-7(3)10-5-11-8/h5-6H,4H2,1-3H3,(H,10,11)(H,12,13). The number of nitrogens with zero attached hydrogens (tertiary/aromatic N) is 1. The SMILES string of the molecule is Cc1[nH]cnc1CC(=O)NC(C)C. The van der Waals surface area contributed by atoms with E-state index in [0.29, 0.717) is 6.42 Å². The lowest BCUT2D eigenvalue weighted by Gasteiger charge is -2.06. The van der Waals surface area contributed by atoms with Gasteiger partial charge < -0.3 is 10.3 Å². The highest BCUT2D eigenvalue weighted by Crippen LogP contribution is 2.01. The smallest absolute Gasteiger partial charge is 0.226 e. The van der Waals surface area contributed by atoms with Gasteiger partial charge in [-0.3, -0.25) is 4.79 Å². The van der Waals surface area contributed by atoms with Crippen molar-refractivity contribution < 1.29 is 4.79 Å². The van der Waals surface area contributed by atoms with Crippen molar-refractivity contribution in [3.63, 3.8) is 0 Å². The van der Waals surface area contributed by atoms with E-state index in [-0.39, 0.29) is 11.9 Å². The van der Waals surface area contributed by atoms with Crippen LogP contribution in [0.5, 0.6) is 0 Å². The molecule has 0 aliphatic carbocycles. The second-order valence-electron chi connectivity index (χ2n) is 3.37. The molecule has 0 atom stereocenters. The Morgan fingerprint density at radius 1 is 1.69 bits per heavy atom. The molecule has 72 valence electrons. The van der Waals surface area contributed by atoms with E-state index in [1.807, 2.05) is 20.8 Å². The first-order chi connectivity index (χ1) is 6.09. The monoisotopic (exact) mass is 181 g/mol. The molecule has 0 unspecified atom stereocenters. The summed E-state index contributed by atoms with van der Waals surface area (Å²) in [6, 6.07) is 0.187. The van der Waals surface area contributed by atoms with E-state index in [1.165, 1.54) is 0 Å². The van der Waals surface area contributed by atoms with Crippen LogP contribution in [0.3, 0.4) is 0 Å². The average molecular weight is 181 g/mol. The van der Waals surface area contributed by atoms with Gasteiger partial charge in [-0.2, -0.15) is 0 Å². The first kappa shape index (κ1) is 9.77. The van der Waals surface area contributed by atoms with Crippen LogP contribution >= 0.6 is 0 Å². The minimum Gasteiger partial charge on any atom is -0.354 e. The number of aromatic nitrogens is 2. The largest absolute Gasteiger partial charge is 0.354 e. The topological polar surface area (TPSA) is 57.8 Å². The number of aromatic amines is 1. The predicted octanol–water partition coefficient (Wildman–Crippen LogP) is 0.785. The maximum absolute atomic E-state index is 11.3.